The molecule has 2 aromatic carbocycles. The molecule has 0 aliphatic carbocycles. The molecule has 140 valence electrons. The third kappa shape index (κ3) is 5.40. The van der Waals surface area contributed by atoms with Crippen LogP contribution in [0.4, 0.5) is 24.5 Å². The Kier molecular flexibility index (Phi) is 6.49. The molecule has 0 saturated heterocycles. The smallest absolute Gasteiger partial charge is 0.416 e. The molecule has 4 nitrogen and oxygen atoms in total. The predicted molar refractivity (Wildman–Crippen MR) is 95.0 cm³/mol. The Morgan fingerprint density at radius 1 is 1.19 bits per heavy atom. The van der Waals surface area contributed by atoms with Crippen LogP contribution in [0.25, 0.3) is 0 Å². The highest BCUT2D eigenvalue weighted by molar-refractivity contribution is 5.92. The summed E-state index contributed by atoms with van der Waals surface area (Å²) in [5, 5.41) is 2.52. The number of benzene rings is 2. The number of para-hydroxylation sites is 1. The molecule has 0 aliphatic rings. The molecule has 0 bridgehead atoms. The Bertz CT molecular complexity index is 761. The first-order chi connectivity index (χ1) is 12.3. The van der Waals surface area contributed by atoms with E-state index in [-0.39, 0.29) is 17.9 Å². The van der Waals surface area contributed by atoms with Crippen LogP contribution in [-0.4, -0.2) is 12.5 Å². The fraction of sp³-hybridized carbons (Fsp3) is 0.316. The Morgan fingerprint density at radius 3 is 2.58 bits per heavy atom. The number of amides is 1. The topological polar surface area (TPSA) is 64.3 Å². The molecular formula is C19H21F3N2O2. The van der Waals surface area contributed by atoms with Crippen molar-refractivity contribution in [2.75, 3.05) is 17.7 Å². The van der Waals surface area contributed by atoms with Gasteiger partial charge in [0.1, 0.15) is 5.75 Å². The number of carbonyl (C=O) groups is 1. The maximum Gasteiger partial charge on any atom is 0.416 e. The fourth-order valence-electron chi connectivity index (χ4n) is 2.36. The van der Waals surface area contributed by atoms with E-state index in [1.165, 1.54) is 6.07 Å². The first-order valence-electron chi connectivity index (χ1n) is 8.28. The van der Waals surface area contributed by atoms with Gasteiger partial charge in [-0.3, -0.25) is 4.79 Å². The molecule has 2 rings (SSSR count). The summed E-state index contributed by atoms with van der Waals surface area (Å²) in [5.41, 5.74) is 6.39. The van der Waals surface area contributed by atoms with Crippen LogP contribution in [0.5, 0.6) is 5.75 Å². The third-order valence-electron chi connectivity index (χ3n) is 3.72. The van der Waals surface area contributed by atoms with Gasteiger partial charge in [0.05, 0.1) is 17.9 Å². The van der Waals surface area contributed by atoms with E-state index in [4.69, 9.17) is 10.5 Å². The number of aryl methyl sites for hydroxylation is 1. The van der Waals surface area contributed by atoms with Crippen molar-refractivity contribution in [2.24, 2.45) is 0 Å². The summed E-state index contributed by atoms with van der Waals surface area (Å²) in [7, 11) is 0. The highest BCUT2D eigenvalue weighted by atomic mass is 19.4. The minimum absolute atomic E-state index is 0.0132. The summed E-state index contributed by atoms with van der Waals surface area (Å²) >= 11 is 0. The van der Waals surface area contributed by atoms with Crippen molar-refractivity contribution in [3.63, 3.8) is 0 Å². The number of nitrogens with one attached hydrogen (secondary N) is 1. The third-order valence-corrected chi connectivity index (χ3v) is 3.72. The summed E-state index contributed by atoms with van der Waals surface area (Å²) in [6, 6.07) is 10.2. The maximum atomic E-state index is 12.9. The molecule has 0 saturated carbocycles. The molecule has 0 aliphatic heterocycles. The second-order valence-electron chi connectivity index (χ2n) is 5.80. The lowest BCUT2D eigenvalue weighted by molar-refractivity contribution is -0.137. The Labute approximate surface area is 150 Å². The van der Waals surface area contributed by atoms with E-state index < -0.39 is 17.6 Å². The second-order valence-corrected chi connectivity index (χ2v) is 5.80. The molecule has 0 aromatic heterocycles. The normalized spacial score (nSPS) is 11.2. The highest BCUT2D eigenvalue weighted by Crippen LogP contribution is 2.35. The van der Waals surface area contributed by atoms with E-state index in [1.54, 1.807) is 12.1 Å². The molecule has 0 atom stereocenters. The molecule has 3 N–H and O–H groups in total. The van der Waals surface area contributed by atoms with Crippen molar-refractivity contribution in [1.29, 1.82) is 0 Å². The minimum Gasteiger partial charge on any atom is -0.491 e. The van der Waals surface area contributed by atoms with Gasteiger partial charge in [-0.2, -0.15) is 13.2 Å². The van der Waals surface area contributed by atoms with Crippen molar-refractivity contribution < 1.29 is 22.7 Å². The summed E-state index contributed by atoms with van der Waals surface area (Å²) in [6.07, 6.45) is -3.32. The monoisotopic (exact) mass is 366 g/mol. The first kappa shape index (κ1) is 19.6. The van der Waals surface area contributed by atoms with Crippen LogP contribution in [0, 0.1) is 0 Å². The standard InChI is InChI=1S/C19H21F3N2O2/c1-2-11-26-17-9-8-14(19(20,21)22)12-16(17)24-18(25)10-7-13-5-3-4-6-15(13)23/h3-6,8-9,12H,2,7,10-11,23H2,1H3,(H,24,25). The lowest BCUT2D eigenvalue weighted by Crippen LogP contribution is -2.15. The van der Waals surface area contributed by atoms with Gasteiger partial charge in [0, 0.05) is 12.1 Å². The molecular weight excluding hydrogens is 345 g/mol. The molecule has 0 spiro atoms. The van der Waals surface area contributed by atoms with Crippen LogP contribution < -0.4 is 15.8 Å². The van der Waals surface area contributed by atoms with Gasteiger partial charge in [0.15, 0.2) is 0 Å². The van der Waals surface area contributed by atoms with Gasteiger partial charge >= 0.3 is 6.18 Å². The number of nitrogens with two attached hydrogens (primary N) is 1. The van der Waals surface area contributed by atoms with E-state index in [1.807, 2.05) is 19.1 Å². The quantitative estimate of drug-likeness (QED) is 0.701. The Hall–Kier alpha value is -2.70. The number of rotatable bonds is 7. The number of hydrogen-bond acceptors (Lipinski definition) is 3. The predicted octanol–water partition coefficient (Wildman–Crippen LogP) is 4.65. The van der Waals surface area contributed by atoms with Crippen LogP contribution in [-0.2, 0) is 17.4 Å². The SMILES string of the molecule is CCCOc1ccc(C(F)(F)F)cc1NC(=O)CCc1ccccc1N. The van der Waals surface area contributed by atoms with Gasteiger partial charge in [-0.25, -0.2) is 0 Å². The molecule has 1 amide bonds. The number of carbonyl (C=O) groups excluding carboxylic acids is 1. The summed E-state index contributed by atoms with van der Waals surface area (Å²) in [4.78, 5) is 12.2. The van der Waals surface area contributed by atoms with Gasteiger partial charge < -0.3 is 15.8 Å². The number of halogens is 3. The molecule has 0 heterocycles. The van der Waals surface area contributed by atoms with Crippen LogP contribution in [0.2, 0.25) is 0 Å². The molecule has 0 fully saturated rings. The van der Waals surface area contributed by atoms with Crippen molar-refractivity contribution >= 4 is 17.3 Å². The van der Waals surface area contributed by atoms with E-state index >= 15 is 0 Å². The summed E-state index contributed by atoms with van der Waals surface area (Å²) in [6.45, 7) is 2.22. The minimum atomic E-state index is -4.50. The zero-order chi connectivity index (χ0) is 19.2. The van der Waals surface area contributed by atoms with Crippen molar-refractivity contribution in [3.8, 4) is 5.75 Å². The average molecular weight is 366 g/mol. The number of anilines is 2. The lowest BCUT2D eigenvalue weighted by atomic mass is 10.1. The zero-order valence-electron chi connectivity index (χ0n) is 14.4. The van der Waals surface area contributed by atoms with Crippen LogP contribution in [0.3, 0.4) is 0 Å². The second kappa shape index (κ2) is 8.60. The number of nitrogen functional groups attached to an aromatic ring is 1. The van der Waals surface area contributed by atoms with Gasteiger partial charge in [-0.05, 0) is 42.7 Å². The summed E-state index contributed by atoms with van der Waals surface area (Å²) < 4.78 is 44.2. The number of ether oxygens (including phenoxy) is 1. The summed E-state index contributed by atoms with van der Waals surface area (Å²) in [5.74, 6) is -0.193. The van der Waals surface area contributed by atoms with Crippen molar-refractivity contribution in [1.82, 2.24) is 0 Å². The van der Waals surface area contributed by atoms with E-state index in [9.17, 15) is 18.0 Å². The van der Waals surface area contributed by atoms with Crippen molar-refractivity contribution in [3.05, 3.63) is 53.6 Å². The fourth-order valence-corrected chi connectivity index (χ4v) is 2.36. The zero-order valence-corrected chi connectivity index (χ0v) is 14.4. The molecule has 7 heteroatoms. The Morgan fingerprint density at radius 2 is 1.92 bits per heavy atom. The van der Waals surface area contributed by atoms with Gasteiger partial charge in [-0.1, -0.05) is 25.1 Å². The van der Waals surface area contributed by atoms with Crippen LogP contribution in [0.15, 0.2) is 42.5 Å². The van der Waals surface area contributed by atoms with E-state index in [0.29, 0.717) is 25.1 Å². The number of hydrogen-bond donors (Lipinski definition) is 2. The number of alkyl halides is 3. The van der Waals surface area contributed by atoms with Gasteiger partial charge in [-0.15, -0.1) is 0 Å². The first-order valence-corrected chi connectivity index (χ1v) is 8.28. The molecule has 0 radical (unpaired) electrons. The van der Waals surface area contributed by atoms with Gasteiger partial charge in [0.25, 0.3) is 0 Å². The highest BCUT2D eigenvalue weighted by Gasteiger charge is 2.31. The van der Waals surface area contributed by atoms with Crippen molar-refractivity contribution in [2.45, 2.75) is 32.4 Å². The molecule has 26 heavy (non-hydrogen) atoms. The average Bonchev–Trinajstić information content (AvgIpc) is 2.59. The maximum absolute atomic E-state index is 12.9. The molecule has 2 aromatic rings. The van der Waals surface area contributed by atoms with Crippen LogP contribution >= 0.6 is 0 Å². The van der Waals surface area contributed by atoms with Crippen LogP contribution in [0.1, 0.15) is 30.9 Å². The Balaban J connectivity index is 2.12. The lowest BCUT2D eigenvalue weighted by Gasteiger charge is -2.15. The van der Waals surface area contributed by atoms with Gasteiger partial charge in [0.2, 0.25) is 5.91 Å². The van der Waals surface area contributed by atoms with E-state index in [2.05, 4.69) is 5.32 Å². The largest absolute Gasteiger partial charge is 0.491 e. The van der Waals surface area contributed by atoms with E-state index in [0.717, 1.165) is 17.7 Å². The molecule has 0 unspecified atom stereocenters.